The third-order valence-corrected chi connectivity index (χ3v) is 4.81. The van der Waals surface area contributed by atoms with Gasteiger partial charge < -0.3 is 15.4 Å². The summed E-state index contributed by atoms with van der Waals surface area (Å²) in [6, 6.07) is 8.10. The fourth-order valence-electron chi connectivity index (χ4n) is 2.10. The van der Waals surface area contributed by atoms with E-state index in [0.717, 1.165) is 18.1 Å². The van der Waals surface area contributed by atoms with Crippen LogP contribution in [0.5, 0.6) is 5.88 Å². The van der Waals surface area contributed by atoms with Crippen molar-refractivity contribution in [2.75, 3.05) is 20.7 Å². The molecular formula is C17H25IN4OS. The topological polar surface area (TPSA) is 58.5 Å². The van der Waals surface area contributed by atoms with Gasteiger partial charge in [-0.05, 0) is 17.0 Å². The van der Waals surface area contributed by atoms with Gasteiger partial charge in [-0.15, -0.1) is 35.3 Å². The minimum atomic E-state index is 0. The van der Waals surface area contributed by atoms with E-state index in [0.29, 0.717) is 12.4 Å². The Morgan fingerprint density at radius 1 is 1.29 bits per heavy atom. The lowest BCUT2D eigenvalue weighted by molar-refractivity contribution is 0.397. The SMILES string of the molecule is CN=C(NCc1ccc(OC)nc1)NCC(C)(C)c1cccs1.I. The molecule has 0 unspecified atom stereocenters. The van der Waals surface area contributed by atoms with Gasteiger partial charge in [-0.25, -0.2) is 4.98 Å². The van der Waals surface area contributed by atoms with E-state index in [2.05, 4.69) is 52.0 Å². The van der Waals surface area contributed by atoms with Crippen molar-refractivity contribution in [1.82, 2.24) is 15.6 Å². The lowest BCUT2D eigenvalue weighted by Crippen LogP contribution is -2.42. The molecule has 24 heavy (non-hydrogen) atoms. The first-order valence-corrected chi connectivity index (χ1v) is 8.40. The van der Waals surface area contributed by atoms with E-state index in [1.165, 1.54) is 4.88 Å². The fraction of sp³-hybridized carbons (Fsp3) is 0.412. The zero-order valence-electron chi connectivity index (χ0n) is 14.5. The number of methoxy groups -OCH3 is 1. The smallest absolute Gasteiger partial charge is 0.212 e. The van der Waals surface area contributed by atoms with Crippen LogP contribution in [0.2, 0.25) is 0 Å². The number of thiophene rings is 1. The average molecular weight is 460 g/mol. The summed E-state index contributed by atoms with van der Waals surface area (Å²) in [6.45, 7) is 5.93. The van der Waals surface area contributed by atoms with Crippen LogP contribution in [0.4, 0.5) is 0 Å². The second kappa shape index (κ2) is 9.83. The molecule has 5 nitrogen and oxygen atoms in total. The van der Waals surface area contributed by atoms with Crippen molar-refractivity contribution in [3.05, 3.63) is 46.3 Å². The molecule has 2 aromatic rings. The Bertz CT molecular complexity index is 627. The summed E-state index contributed by atoms with van der Waals surface area (Å²) in [5, 5.41) is 8.81. The van der Waals surface area contributed by atoms with Crippen molar-refractivity contribution >= 4 is 41.3 Å². The van der Waals surface area contributed by atoms with Gasteiger partial charge in [0, 0.05) is 42.7 Å². The Balaban J connectivity index is 0.00000288. The van der Waals surface area contributed by atoms with Crippen LogP contribution >= 0.6 is 35.3 Å². The minimum absolute atomic E-state index is 0. The molecule has 2 rings (SSSR count). The summed E-state index contributed by atoms with van der Waals surface area (Å²) in [5.41, 5.74) is 1.14. The van der Waals surface area contributed by atoms with Gasteiger partial charge in [0.25, 0.3) is 0 Å². The molecule has 0 saturated carbocycles. The van der Waals surface area contributed by atoms with Gasteiger partial charge >= 0.3 is 0 Å². The molecule has 0 aliphatic carbocycles. The second-order valence-corrected chi connectivity index (χ2v) is 6.80. The molecule has 2 heterocycles. The fourth-order valence-corrected chi connectivity index (χ4v) is 2.95. The predicted octanol–water partition coefficient (Wildman–Crippen LogP) is 3.41. The molecule has 0 saturated heterocycles. The Kier molecular flexibility index (Phi) is 8.47. The molecule has 0 aliphatic rings. The number of aliphatic imine (C=N–C) groups is 1. The van der Waals surface area contributed by atoms with Gasteiger partial charge in [0.1, 0.15) is 0 Å². The molecule has 0 radical (unpaired) electrons. The number of nitrogens with one attached hydrogen (secondary N) is 2. The van der Waals surface area contributed by atoms with Gasteiger partial charge in [-0.2, -0.15) is 0 Å². The molecule has 2 N–H and O–H groups in total. The Labute approximate surface area is 165 Å². The predicted molar refractivity (Wildman–Crippen MR) is 112 cm³/mol. The maximum absolute atomic E-state index is 5.06. The van der Waals surface area contributed by atoms with Crippen LogP contribution in [0.1, 0.15) is 24.3 Å². The van der Waals surface area contributed by atoms with Crippen LogP contribution in [0.3, 0.4) is 0 Å². The summed E-state index contributed by atoms with van der Waals surface area (Å²) in [6.07, 6.45) is 1.80. The van der Waals surface area contributed by atoms with Crippen LogP contribution in [-0.2, 0) is 12.0 Å². The van der Waals surface area contributed by atoms with Crippen molar-refractivity contribution in [3.63, 3.8) is 0 Å². The zero-order valence-corrected chi connectivity index (χ0v) is 17.6. The number of aromatic nitrogens is 1. The molecule has 7 heteroatoms. The highest BCUT2D eigenvalue weighted by molar-refractivity contribution is 14.0. The van der Waals surface area contributed by atoms with E-state index in [1.807, 2.05) is 12.1 Å². The summed E-state index contributed by atoms with van der Waals surface area (Å²) in [5.74, 6) is 1.40. The van der Waals surface area contributed by atoms with Gasteiger partial charge in [0.15, 0.2) is 5.96 Å². The monoisotopic (exact) mass is 460 g/mol. The van der Waals surface area contributed by atoms with Crippen molar-refractivity contribution in [1.29, 1.82) is 0 Å². The number of halogens is 1. The van der Waals surface area contributed by atoms with E-state index in [4.69, 9.17) is 4.74 Å². The summed E-state index contributed by atoms with van der Waals surface area (Å²) in [7, 11) is 3.39. The van der Waals surface area contributed by atoms with Crippen LogP contribution in [0.25, 0.3) is 0 Å². The third kappa shape index (κ3) is 5.94. The number of guanidine groups is 1. The highest BCUT2D eigenvalue weighted by Crippen LogP contribution is 2.26. The van der Waals surface area contributed by atoms with Crippen molar-refractivity contribution < 1.29 is 4.74 Å². The average Bonchev–Trinajstić information content (AvgIpc) is 3.11. The summed E-state index contributed by atoms with van der Waals surface area (Å²) < 4.78 is 5.06. The van der Waals surface area contributed by atoms with Crippen molar-refractivity contribution in [2.24, 2.45) is 4.99 Å². The Hall–Kier alpha value is -1.35. The van der Waals surface area contributed by atoms with E-state index in [1.54, 1.807) is 31.7 Å². The maximum atomic E-state index is 5.06. The van der Waals surface area contributed by atoms with E-state index >= 15 is 0 Å². The van der Waals surface area contributed by atoms with Crippen LogP contribution < -0.4 is 15.4 Å². The molecule has 0 atom stereocenters. The highest BCUT2D eigenvalue weighted by atomic mass is 127. The lowest BCUT2D eigenvalue weighted by Gasteiger charge is -2.25. The number of hydrogen-bond acceptors (Lipinski definition) is 4. The molecule has 132 valence electrons. The lowest BCUT2D eigenvalue weighted by atomic mass is 9.91. The highest BCUT2D eigenvalue weighted by Gasteiger charge is 2.21. The molecule has 0 aliphatic heterocycles. The molecule has 0 amide bonds. The van der Waals surface area contributed by atoms with E-state index in [-0.39, 0.29) is 29.4 Å². The summed E-state index contributed by atoms with van der Waals surface area (Å²) >= 11 is 1.78. The second-order valence-electron chi connectivity index (χ2n) is 5.85. The molecule has 2 aromatic heterocycles. The normalized spacial score (nSPS) is 11.6. The van der Waals surface area contributed by atoms with Crippen LogP contribution in [-0.4, -0.2) is 31.6 Å². The van der Waals surface area contributed by atoms with Gasteiger partial charge in [-0.1, -0.05) is 26.0 Å². The molecule has 0 bridgehead atoms. The molecular weight excluding hydrogens is 435 g/mol. The number of nitrogens with zero attached hydrogens (tertiary/aromatic N) is 2. The van der Waals surface area contributed by atoms with Crippen LogP contribution in [0.15, 0.2) is 40.8 Å². The third-order valence-electron chi connectivity index (χ3n) is 3.58. The maximum Gasteiger partial charge on any atom is 0.212 e. The van der Waals surface area contributed by atoms with Gasteiger partial charge in [-0.3, -0.25) is 4.99 Å². The van der Waals surface area contributed by atoms with Crippen molar-refractivity contribution in [2.45, 2.75) is 25.8 Å². The van der Waals surface area contributed by atoms with Crippen LogP contribution in [0, 0.1) is 0 Å². The number of rotatable bonds is 6. The standard InChI is InChI=1S/C17H24N4OS.HI/c1-17(2,14-6-5-9-23-14)12-21-16(18-3)20-11-13-7-8-15(22-4)19-10-13;/h5-10H,11-12H2,1-4H3,(H2,18,20,21);1H. The zero-order chi connectivity index (χ0) is 16.7. The minimum Gasteiger partial charge on any atom is -0.481 e. The Morgan fingerprint density at radius 2 is 2.08 bits per heavy atom. The molecule has 0 fully saturated rings. The summed E-state index contributed by atoms with van der Waals surface area (Å²) in [4.78, 5) is 9.83. The molecule has 0 spiro atoms. The first-order chi connectivity index (χ1) is 11.0. The first kappa shape index (κ1) is 20.7. The van der Waals surface area contributed by atoms with E-state index < -0.39 is 0 Å². The number of pyridine rings is 1. The number of hydrogen-bond donors (Lipinski definition) is 2. The van der Waals surface area contributed by atoms with Crippen molar-refractivity contribution in [3.8, 4) is 5.88 Å². The molecule has 0 aromatic carbocycles. The largest absolute Gasteiger partial charge is 0.481 e. The van der Waals surface area contributed by atoms with Gasteiger partial charge in [0.05, 0.1) is 7.11 Å². The number of ether oxygens (including phenoxy) is 1. The Morgan fingerprint density at radius 3 is 2.62 bits per heavy atom. The van der Waals surface area contributed by atoms with E-state index in [9.17, 15) is 0 Å². The quantitative estimate of drug-likeness (QED) is 0.394. The van der Waals surface area contributed by atoms with Gasteiger partial charge in [0.2, 0.25) is 5.88 Å². The first-order valence-electron chi connectivity index (χ1n) is 7.52.